The standard InChI is InChI=1S/C20H18N2O5S3/c1-26-12-5-6-17-14(8-12)15-7-11(9-22(15)20(23)27-10-30(17,24)25)13-3-2-4-16-18(13)21-19(28)29-16/h2-6,8,11,15H,7,9-10H2,1H3,(H,21,28)/t11-,15-/m1/s1. The van der Waals surface area contributed by atoms with Gasteiger partial charge in [0, 0.05) is 12.5 Å². The number of nitrogens with zero attached hydrogens (tertiary/aromatic N) is 2. The number of para-hydroxylation sites is 1. The smallest absolute Gasteiger partial charge is 0.411 e. The van der Waals surface area contributed by atoms with E-state index in [0.717, 1.165) is 15.8 Å². The van der Waals surface area contributed by atoms with Crippen LogP contribution in [0.1, 0.15) is 29.5 Å². The third-order valence-corrected chi connectivity index (χ3v) is 8.33. The lowest BCUT2D eigenvalue weighted by Crippen LogP contribution is -2.35. The third-order valence-electron chi connectivity index (χ3n) is 5.66. The number of carbonyl (C=O) groups excluding carboxylic acids is 1. The van der Waals surface area contributed by atoms with Crippen LogP contribution < -0.4 is 4.74 Å². The Morgan fingerprint density at radius 1 is 1.27 bits per heavy atom. The summed E-state index contributed by atoms with van der Waals surface area (Å²) < 4.78 is 37.7. The number of sulfone groups is 1. The Kier molecular flexibility index (Phi) is 4.68. The molecule has 0 radical (unpaired) electrons. The number of amides is 1. The summed E-state index contributed by atoms with van der Waals surface area (Å²) in [6.45, 7) is 0.415. The fraction of sp³-hybridized carbons (Fsp3) is 0.300. The van der Waals surface area contributed by atoms with Crippen molar-refractivity contribution < 1.29 is 22.7 Å². The van der Waals surface area contributed by atoms with E-state index in [1.165, 1.54) is 24.5 Å². The van der Waals surface area contributed by atoms with Crippen LogP contribution in [-0.2, 0) is 14.6 Å². The van der Waals surface area contributed by atoms with Crippen molar-refractivity contribution in [1.29, 1.82) is 0 Å². The van der Waals surface area contributed by atoms with Gasteiger partial charge in [-0.1, -0.05) is 12.1 Å². The Bertz CT molecular complexity index is 1270. The van der Waals surface area contributed by atoms with Crippen molar-refractivity contribution in [2.45, 2.75) is 27.6 Å². The van der Waals surface area contributed by atoms with Gasteiger partial charge in [-0.3, -0.25) is 0 Å². The SMILES string of the molecule is COc1ccc2c(c1)[C@H]1C[C@@H](c3cccc4sc(S)nc34)CN1C(=O)OCS2(=O)=O. The van der Waals surface area contributed by atoms with Crippen LogP contribution in [0, 0.1) is 0 Å². The average molecular weight is 463 g/mol. The molecule has 0 saturated carbocycles. The number of benzene rings is 2. The molecule has 7 nitrogen and oxygen atoms in total. The van der Waals surface area contributed by atoms with Crippen LogP contribution in [0.25, 0.3) is 10.2 Å². The van der Waals surface area contributed by atoms with Crippen molar-refractivity contribution in [3.8, 4) is 5.75 Å². The van der Waals surface area contributed by atoms with E-state index in [1.54, 1.807) is 17.0 Å². The fourth-order valence-electron chi connectivity index (χ4n) is 4.32. The lowest BCUT2D eigenvalue weighted by molar-refractivity contribution is 0.110. The zero-order chi connectivity index (χ0) is 21.0. The molecule has 1 aromatic heterocycles. The van der Waals surface area contributed by atoms with Gasteiger partial charge in [0.25, 0.3) is 0 Å². The molecule has 2 aromatic carbocycles. The monoisotopic (exact) mass is 462 g/mol. The van der Waals surface area contributed by atoms with E-state index in [9.17, 15) is 13.2 Å². The van der Waals surface area contributed by atoms with Crippen molar-refractivity contribution in [2.75, 3.05) is 19.6 Å². The number of thiazole rings is 1. The molecule has 2 atom stereocenters. The number of hydrogen-bond donors (Lipinski definition) is 1. The molecular weight excluding hydrogens is 444 g/mol. The summed E-state index contributed by atoms with van der Waals surface area (Å²) in [6, 6.07) is 10.4. The highest BCUT2D eigenvalue weighted by molar-refractivity contribution is 7.91. The van der Waals surface area contributed by atoms with Crippen molar-refractivity contribution >= 4 is 50.1 Å². The topological polar surface area (TPSA) is 85.8 Å². The van der Waals surface area contributed by atoms with Crippen LogP contribution in [0.3, 0.4) is 0 Å². The first kappa shape index (κ1) is 19.7. The van der Waals surface area contributed by atoms with Crippen LogP contribution in [0.15, 0.2) is 45.6 Å². The van der Waals surface area contributed by atoms with Gasteiger partial charge in [0.1, 0.15) is 10.1 Å². The summed E-state index contributed by atoms with van der Waals surface area (Å²) in [5.41, 5.74) is 2.46. The molecule has 0 N–H and O–H groups in total. The molecule has 5 rings (SSSR count). The number of ether oxygens (including phenoxy) is 2. The molecule has 1 fully saturated rings. The van der Waals surface area contributed by atoms with Gasteiger partial charge in [-0.25, -0.2) is 18.2 Å². The molecule has 3 aromatic rings. The van der Waals surface area contributed by atoms with Gasteiger partial charge in [-0.05, 0) is 41.8 Å². The molecule has 156 valence electrons. The van der Waals surface area contributed by atoms with Crippen molar-refractivity contribution in [3.63, 3.8) is 0 Å². The second-order valence-corrected chi connectivity index (χ2v) is 11.0. The molecule has 3 heterocycles. The Hall–Kier alpha value is -2.30. The number of thiol groups is 1. The van der Waals surface area contributed by atoms with Gasteiger partial charge >= 0.3 is 6.09 Å². The van der Waals surface area contributed by atoms with E-state index in [1.807, 2.05) is 18.2 Å². The van der Waals surface area contributed by atoms with Gasteiger partial charge in [0.2, 0.25) is 9.84 Å². The van der Waals surface area contributed by atoms with Gasteiger partial charge in [-0.15, -0.1) is 24.0 Å². The molecule has 1 saturated heterocycles. The van der Waals surface area contributed by atoms with E-state index in [4.69, 9.17) is 9.47 Å². The summed E-state index contributed by atoms with van der Waals surface area (Å²) in [5, 5.41) is 0. The minimum atomic E-state index is -3.76. The molecule has 0 unspecified atom stereocenters. The highest BCUT2D eigenvalue weighted by Gasteiger charge is 2.43. The van der Waals surface area contributed by atoms with Crippen LogP contribution in [0.4, 0.5) is 4.79 Å². The second-order valence-electron chi connectivity index (χ2n) is 7.34. The van der Waals surface area contributed by atoms with E-state index >= 15 is 0 Å². The summed E-state index contributed by atoms with van der Waals surface area (Å²) >= 11 is 5.88. The van der Waals surface area contributed by atoms with Crippen molar-refractivity contribution in [1.82, 2.24) is 9.88 Å². The Morgan fingerprint density at radius 3 is 2.90 bits per heavy atom. The fourth-order valence-corrected chi connectivity index (χ4v) is 6.66. The molecule has 10 heteroatoms. The summed E-state index contributed by atoms with van der Waals surface area (Å²) in [6.07, 6.45) is -0.0662. The molecular formula is C20H18N2O5S3. The van der Waals surface area contributed by atoms with Crippen LogP contribution in [-0.4, -0.2) is 44.0 Å². The minimum absolute atomic E-state index is 0.0130. The third kappa shape index (κ3) is 3.14. The Morgan fingerprint density at radius 2 is 2.10 bits per heavy atom. The molecule has 2 aliphatic heterocycles. The molecule has 2 aliphatic rings. The maximum Gasteiger partial charge on any atom is 0.411 e. The molecule has 30 heavy (non-hydrogen) atoms. The van der Waals surface area contributed by atoms with E-state index in [2.05, 4.69) is 17.6 Å². The lowest BCUT2D eigenvalue weighted by Gasteiger charge is -2.28. The number of methoxy groups -OCH3 is 1. The van der Waals surface area contributed by atoms with Crippen LogP contribution in [0.2, 0.25) is 0 Å². The number of rotatable bonds is 2. The second kappa shape index (κ2) is 7.14. The highest BCUT2D eigenvalue weighted by atomic mass is 32.2. The molecule has 0 bridgehead atoms. The van der Waals surface area contributed by atoms with E-state index in [-0.39, 0.29) is 10.8 Å². The van der Waals surface area contributed by atoms with Crippen LogP contribution in [0.5, 0.6) is 5.75 Å². The minimum Gasteiger partial charge on any atom is -0.497 e. The Balaban J connectivity index is 1.64. The van der Waals surface area contributed by atoms with Crippen molar-refractivity contribution in [2.24, 2.45) is 0 Å². The van der Waals surface area contributed by atoms with Crippen LogP contribution >= 0.6 is 24.0 Å². The number of carbonyl (C=O) groups is 1. The normalized spacial score (nSPS) is 22.7. The number of cyclic esters (lactones) is 1. The first-order chi connectivity index (χ1) is 14.4. The van der Waals surface area contributed by atoms with Gasteiger partial charge in [-0.2, -0.15) is 0 Å². The zero-order valence-electron chi connectivity index (χ0n) is 15.9. The average Bonchev–Trinajstić information content (AvgIpc) is 3.33. The molecule has 0 spiro atoms. The van der Waals surface area contributed by atoms with Gasteiger partial charge in [0.05, 0.1) is 28.3 Å². The summed E-state index contributed by atoms with van der Waals surface area (Å²) in [7, 11) is -2.23. The quantitative estimate of drug-likeness (QED) is 0.580. The summed E-state index contributed by atoms with van der Waals surface area (Å²) in [5.74, 6) is -0.146. The number of hydrogen-bond acceptors (Lipinski definition) is 8. The van der Waals surface area contributed by atoms with E-state index < -0.39 is 27.9 Å². The summed E-state index contributed by atoms with van der Waals surface area (Å²) in [4.78, 5) is 19.1. The first-order valence-corrected chi connectivity index (χ1v) is 12.2. The largest absolute Gasteiger partial charge is 0.497 e. The van der Waals surface area contributed by atoms with Gasteiger partial charge < -0.3 is 14.4 Å². The molecule has 0 aliphatic carbocycles. The number of fused-ring (bicyclic) bond motifs is 4. The zero-order valence-corrected chi connectivity index (χ0v) is 18.5. The predicted molar refractivity (Wildman–Crippen MR) is 115 cm³/mol. The highest BCUT2D eigenvalue weighted by Crippen LogP contribution is 2.46. The lowest BCUT2D eigenvalue weighted by atomic mass is 9.93. The Labute approximate surface area is 183 Å². The first-order valence-electron chi connectivity index (χ1n) is 9.30. The molecule has 1 amide bonds. The van der Waals surface area contributed by atoms with Gasteiger partial charge in [0.15, 0.2) is 5.94 Å². The van der Waals surface area contributed by atoms with E-state index in [0.29, 0.717) is 28.6 Å². The van der Waals surface area contributed by atoms with Crippen molar-refractivity contribution in [3.05, 3.63) is 47.5 Å². The maximum absolute atomic E-state index is 12.8. The maximum atomic E-state index is 12.8. The predicted octanol–water partition coefficient (Wildman–Crippen LogP) is 4.01. The number of aromatic nitrogens is 1.